The Kier molecular flexibility index (Phi) is 17.6. The predicted molar refractivity (Wildman–Crippen MR) is 90.3 cm³/mol. The van der Waals surface area contributed by atoms with Crippen LogP contribution in [0.3, 0.4) is 0 Å². The average Bonchev–Trinajstić information content (AvgIpc) is 2.51. The van der Waals surface area contributed by atoms with Crippen LogP contribution in [0.15, 0.2) is 0 Å². The molecule has 1 atom stereocenters. The molecule has 1 unspecified atom stereocenters. The first-order valence-corrected chi connectivity index (χ1v) is 11.6. The number of aliphatic carboxylic acids is 1. The third-order valence-electron chi connectivity index (χ3n) is 4.31. The zero-order valence-corrected chi connectivity index (χ0v) is 16.9. The van der Waals surface area contributed by atoms with Crippen LogP contribution in [0, 0.1) is 0 Å². The molecule has 0 aliphatic rings. The zero-order chi connectivity index (χ0) is 18.0. The molecule has 0 aromatic carbocycles. The van der Waals surface area contributed by atoms with Gasteiger partial charge in [-0.25, -0.2) is 0 Å². The summed E-state index contributed by atoms with van der Waals surface area (Å²) in [6.07, 6.45) is 15.6. The van der Waals surface area contributed by atoms with Gasteiger partial charge >= 0.3 is 134 Å². The molecule has 0 aromatic rings. The van der Waals surface area contributed by atoms with E-state index in [2.05, 4.69) is 6.92 Å². The molecule has 0 rings (SSSR count). The Balaban J connectivity index is 3.54. The van der Waals surface area contributed by atoms with Crippen LogP contribution in [0.25, 0.3) is 0 Å². The summed E-state index contributed by atoms with van der Waals surface area (Å²) in [5.41, 5.74) is 0. The topological polar surface area (TPSA) is 83.8 Å². The van der Waals surface area contributed by atoms with E-state index in [0.717, 1.165) is 19.3 Å². The summed E-state index contributed by atoms with van der Waals surface area (Å²) in [7, 11) is 0. The molecule has 24 heavy (non-hydrogen) atoms. The number of unbranched alkanes of at least 4 members (excludes halogenated alkanes) is 10. The Bertz CT molecular complexity index is 323. The summed E-state index contributed by atoms with van der Waals surface area (Å²) < 4.78 is 25.0. The summed E-state index contributed by atoms with van der Waals surface area (Å²) in [5, 5.41) is 8.64. The maximum atomic E-state index is 10.9. The van der Waals surface area contributed by atoms with Crippen LogP contribution in [0.2, 0.25) is 0 Å². The van der Waals surface area contributed by atoms with E-state index in [0.29, 0.717) is 12.8 Å². The van der Waals surface area contributed by atoms with E-state index < -0.39 is 24.6 Å². The molecule has 0 bridgehead atoms. The van der Waals surface area contributed by atoms with Crippen molar-refractivity contribution in [2.45, 2.75) is 109 Å². The molecule has 6 heteroatoms. The number of carboxylic acid groups (broad SMARTS) is 1. The first-order valence-electron chi connectivity index (χ1n) is 9.67. The van der Waals surface area contributed by atoms with Gasteiger partial charge in [-0.3, -0.25) is 0 Å². The number of carboxylic acids is 1. The SMILES string of the molecule is CCCCCCCCCCCCCC(CCCC(=O)O)[O][Ti](=[O])[OH]. The first kappa shape index (κ1) is 23.9. The molecule has 0 saturated heterocycles. The number of hydrogen-bond acceptors (Lipinski definition) is 3. The van der Waals surface area contributed by atoms with Gasteiger partial charge < -0.3 is 0 Å². The minimum absolute atomic E-state index is 0.0950. The maximum absolute atomic E-state index is 10.9. The molecule has 0 aliphatic heterocycles. The van der Waals surface area contributed by atoms with E-state index in [-0.39, 0.29) is 12.5 Å². The van der Waals surface area contributed by atoms with Gasteiger partial charge in [0.1, 0.15) is 0 Å². The van der Waals surface area contributed by atoms with Crippen molar-refractivity contribution in [2.24, 2.45) is 0 Å². The van der Waals surface area contributed by atoms with Gasteiger partial charge in [-0.05, 0) is 0 Å². The number of hydrogen-bond donors (Lipinski definition) is 2. The Hall–Kier alpha value is -0.0957. The summed E-state index contributed by atoms with van der Waals surface area (Å²) in [6, 6.07) is 0. The fraction of sp³-hybridized carbons (Fsp3) is 0.944. The number of rotatable bonds is 18. The molecular formula is C18H36O5Ti. The molecule has 5 nitrogen and oxygen atoms in total. The van der Waals surface area contributed by atoms with E-state index in [1.54, 1.807) is 0 Å². The normalized spacial score (nSPS) is 12.2. The van der Waals surface area contributed by atoms with Gasteiger partial charge in [0.15, 0.2) is 0 Å². The van der Waals surface area contributed by atoms with E-state index in [4.69, 9.17) is 12.1 Å². The fourth-order valence-electron chi connectivity index (χ4n) is 2.92. The van der Waals surface area contributed by atoms with Gasteiger partial charge in [0.25, 0.3) is 0 Å². The van der Waals surface area contributed by atoms with Crippen molar-refractivity contribution in [3.63, 3.8) is 0 Å². The predicted octanol–water partition coefficient (Wildman–Crippen LogP) is 5.11. The van der Waals surface area contributed by atoms with Crippen molar-refractivity contribution in [1.82, 2.24) is 0 Å². The van der Waals surface area contributed by atoms with Gasteiger partial charge in [0.2, 0.25) is 0 Å². The third kappa shape index (κ3) is 18.2. The molecule has 0 heterocycles. The van der Waals surface area contributed by atoms with Crippen molar-refractivity contribution >= 4 is 5.97 Å². The standard InChI is InChI=1S/C18H35O3.H2O.O.Ti/c1-2-3-4-5-6-7-8-9-10-11-12-14-17(19)15-13-16-18(20)21;;;/h17H,2-16H2,1H3,(H,20,21);1H2;;/q-1;;;+2/p-1. The monoisotopic (exact) mass is 380 g/mol. The molecule has 0 aliphatic carbocycles. The molecule has 0 amide bonds. The van der Waals surface area contributed by atoms with Crippen molar-refractivity contribution in [3.05, 3.63) is 0 Å². The minimum atomic E-state index is -3.53. The molecule has 2 N–H and O–H groups in total. The molecule has 142 valence electrons. The summed E-state index contributed by atoms with van der Waals surface area (Å²) in [6.45, 7) is 2.24. The summed E-state index contributed by atoms with van der Waals surface area (Å²) in [5.74, 6) is -0.828. The molecule has 0 saturated carbocycles. The van der Waals surface area contributed by atoms with Gasteiger partial charge in [0, 0.05) is 0 Å². The van der Waals surface area contributed by atoms with E-state index >= 15 is 0 Å². The van der Waals surface area contributed by atoms with Crippen molar-refractivity contribution < 1.29 is 38.8 Å². The van der Waals surface area contributed by atoms with Crippen molar-refractivity contribution in [1.29, 1.82) is 0 Å². The van der Waals surface area contributed by atoms with E-state index in [1.165, 1.54) is 57.8 Å². The molecular weight excluding hydrogens is 344 g/mol. The van der Waals surface area contributed by atoms with Crippen LogP contribution in [-0.2, 0) is 30.1 Å². The van der Waals surface area contributed by atoms with E-state index in [9.17, 15) is 8.12 Å². The average molecular weight is 380 g/mol. The second kappa shape index (κ2) is 17.7. The summed E-state index contributed by atoms with van der Waals surface area (Å²) >= 11 is -3.53. The fourth-order valence-corrected chi connectivity index (χ4v) is 3.74. The summed E-state index contributed by atoms with van der Waals surface area (Å²) in [4.78, 5) is 10.5. The first-order chi connectivity index (χ1) is 11.6. The van der Waals surface area contributed by atoms with Crippen LogP contribution in [-0.4, -0.2) is 20.9 Å². The second-order valence-electron chi connectivity index (χ2n) is 6.62. The van der Waals surface area contributed by atoms with Gasteiger partial charge in [0.05, 0.1) is 0 Å². The quantitative estimate of drug-likeness (QED) is 0.255. The second-order valence-corrected chi connectivity index (χ2v) is 7.81. The van der Waals surface area contributed by atoms with Crippen molar-refractivity contribution in [2.75, 3.05) is 0 Å². The van der Waals surface area contributed by atoms with Crippen LogP contribution < -0.4 is 0 Å². The third-order valence-corrected chi connectivity index (χ3v) is 5.15. The van der Waals surface area contributed by atoms with Gasteiger partial charge in [-0.2, -0.15) is 0 Å². The Morgan fingerprint density at radius 2 is 1.33 bits per heavy atom. The van der Waals surface area contributed by atoms with Crippen molar-refractivity contribution in [3.8, 4) is 0 Å². The molecule has 0 radical (unpaired) electrons. The van der Waals surface area contributed by atoms with Gasteiger partial charge in [-0.1, -0.05) is 19.8 Å². The van der Waals surface area contributed by atoms with Crippen LogP contribution in [0.4, 0.5) is 0 Å². The molecule has 0 aromatic heterocycles. The molecule has 0 spiro atoms. The van der Waals surface area contributed by atoms with Crippen LogP contribution in [0.1, 0.15) is 103 Å². The number of carbonyl (C=O) groups is 1. The van der Waals surface area contributed by atoms with Crippen LogP contribution in [0.5, 0.6) is 0 Å². The Morgan fingerprint density at radius 3 is 1.79 bits per heavy atom. The molecule has 0 fully saturated rings. The van der Waals surface area contributed by atoms with E-state index in [1.807, 2.05) is 0 Å². The Morgan fingerprint density at radius 1 is 0.875 bits per heavy atom. The zero-order valence-electron chi connectivity index (χ0n) is 15.3. The van der Waals surface area contributed by atoms with Crippen LogP contribution >= 0.6 is 0 Å². The van der Waals surface area contributed by atoms with Gasteiger partial charge in [-0.15, -0.1) is 0 Å². The Labute approximate surface area is 154 Å².